The number of nitrogens with zero attached hydrogens (tertiary/aromatic N) is 2. The molecule has 0 fully saturated rings. The second-order valence-corrected chi connectivity index (χ2v) is 10.9. The SMILES string of the molecule is Cc1cccc(NN=c2c(C(=O)O)cc(=O)c(=NNc3cccc(S(=O)(=O)CCOS(=O)(=O)O)c3)c2=O)c1. The van der Waals surface area contributed by atoms with Gasteiger partial charge in [0.25, 0.3) is 0 Å². The molecule has 38 heavy (non-hydrogen) atoms. The lowest BCUT2D eigenvalue weighted by molar-refractivity contribution is 0.0694. The fraction of sp³-hybridized carbons (Fsp3) is 0.136. The summed E-state index contributed by atoms with van der Waals surface area (Å²) in [6, 6.07) is 12.5. The molecule has 0 saturated heterocycles. The Morgan fingerprint density at radius 1 is 0.921 bits per heavy atom. The van der Waals surface area contributed by atoms with Crippen molar-refractivity contribution in [3.8, 4) is 0 Å². The molecule has 3 aromatic rings. The van der Waals surface area contributed by atoms with Crippen LogP contribution >= 0.6 is 0 Å². The van der Waals surface area contributed by atoms with Gasteiger partial charge >= 0.3 is 16.4 Å². The lowest BCUT2D eigenvalue weighted by Crippen LogP contribution is -2.50. The highest BCUT2D eigenvalue weighted by Crippen LogP contribution is 2.17. The number of sulfone groups is 1. The average molecular weight is 565 g/mol. The Balaban J connectivity index is 1.97. The third kappa shape index (κ3) is 7.39. The van der Waals surface area contributed by atoms with Crippen molar-refractivity contribution in [2.24, 2.45) is 10.2 Å². The maximum atomic E-state index is 12.9. The number of hydrogen-bond acceptors (Lipinski definition) is 12. The van der Waals surface area contributed by atoms with Crippen LogP contribution in [0.1, 0.15) is 15.9 Å². The Morgan fingerprint density at radius 2 is 1.53 bits per heavy atom. The summed E-state index contributed by atoms with van der Waals surface area (Å²) in [6.45, 7) is 0.983. The van der Waals surface area contributed by atoms with Gasteiger partial charge in [0.1, 0.15) is 5.36 Å². The molecule has 14 nitrogen and oxygen atoms in total. The van der Waals surface area contributed by atoms with Gasteiger partial charge < -0.3 is 5.11 Å². The standard InChI is InChI=1S/C22H20N4O10S2/c1-13-4-2-5-14(10-13)23-25-19-17(22(29)30)12-18(27)20(21(19)28)26-24-15-6-3-7-16(11-15)37(31,32)9-8-36-38(33,34)35/h2-7,10-12,23-24H,8-9H2,1H3,(H,29,30)(H,33,34,35). The summed E-state index contributed by atoms with van der Waals surface area (Å²) in [7, 11) is -8.88. The summed E-state index contributed by atoms with van der Waals surface area (Å²) in [4.78, 5) is 36.7. The van der Waals surface area contributed by atoms with E-state index in [0.29, 0.717) is 11.8 Å². The molecule has 0 heterocycles. The minimum Gasteiger partial charge on any atom is -0.478 e. The van der Waals surface area contributed by atoms with Gasteiger partial charge in [0, 0.05) is 6.07 Å². The quantitative estimate of drug-likeness (QED) is 0.185. The average Bonchev–Trinajstić information content (AvgIpc) is 2.82. The van der Waals surface area contributed by atoms with E-state index in [1.54, 1.807) is 18.2 Å². The number of carbonyl (C=O) groups is 1. The van der Waals surface area contributed by atoms with Crippen LogP contribution < -0.4 is 32.4 Å². The predicted molar refractivity (Wildman–Crippen MR) is 134 cm³/mol. The number of carboxylic acids is 1. The molecule has 0 aromatic heterocycles. The van der Waals surface area contributed by atoms with Crippen molar-refractivity contribution >= 4 is 37.6 Å². The van der Waals surface area contributed by atoms with Crippen LogP contribution in [-0.4, -0.2) is 44.8 Å². The second kappa shape index (κ2) is 11.4. The number of rotatable bonds is 10. The summed E-state index contributed by atoms with van der Waals surface area (Å²) in [5.41, 5.74) is 3.57. The molecule has 0 amide bonds. The molecule has 3 aromatic carbocycles. The maximum absolute atomic E-state index is 12.9. The number of carboxylic acid groups (broad SMARTS) is 1. The van der Waals surface area contributed by atoms with Gasteiger partial charge in [-0.1, -0.05) is 18.2 Å². The molecule has 3 rings (SSSR count). The minimum absolute atomic E-state index is 0.0271. The Hall–Kier alpha value is -4.25. The van der Waals surface area contributed by atoms with Gasteiger partial charge in [0.2, 0.25) is 10.9 Å². The van der Waals surface area contributed by atoms with Crippen molar-refractivity contribution in [2.45, 2.75) is 11.8 Å². The van der Waals surface area contributed by atoms with Gasteiger partial charge in [-0.3, -0.25) is 25.0 Å². The molecule has 0 spiro atoms. The van der Waals surface area contributed by atoms with E-state index < -0.39 is 65.7 Å². The molecular formula is C22H20N4O10S2. The Bertz CT molecular complexity index is 1830. The van der Waals surface area contributed by atoms with Gasteiger partial charge in [-0.25, -0.2) is 17.4 Å². The Morgan fingerprint density at radius 3 is 2.13 bits per heavy atom. The van der Waals surface area contributed by atoms with E-state index in [9.17, 15) is 36.3 Å². The van der Waals surface area contributed by atoms with Crippen LogP contribution in [-0.2, 0) is 24.4 Å². The van der Waals surface area contributed by atoms with Crippen molar-refractivity contribution in [1.82, 2.24) is 0 Å². The molecule has 0 aliphatic carbocycles. The zero-order valence-corrected chi connectivity index (χ0v) is 21.1. The molecule has 0 radical (unpaired) electrons. The molecule has 200 valence electrons. The minimum atomic E-state index is -4.82. The first kappa shape index (κ1) is 28.3. The lowest BCUT2D eigenvalue weighted by atomic mass is 10.2. The predicted octanol–water partition coefficient (Wildman–Crippen LogP) is -0.262. The van der Waals surface area contributed by atoms with Gasteiger partial charge in [-0.2, -0.15) is 18.6 Å². The summed E-state index contributed by atoms with van der Waals surface area (Å²) >= 11 is 0. The van der Waals surface area contributed by atoms with Crippen LogP contribution in [0.5, 0.6) is 0 Å². The van der Waals surface area contributed by atoms with Crippen LogP contribution in [0.2, 0.25) is 0 Å². The molecule has 0 unspecified atom stereocenters. The van der Waals surface area contributed by atoms with E-state index in [2.05, 4.69) is 25.2 Å². The summed E-state index contributed by atoms with van der Waals surface area (Å²) in [6.07, 6.45) is 0. The molecule has 0 aliphatic heterocycles. The molecule has 0 saturated carbocycles. The van der Waals surface area contributed by atoms with E-state index in [4.69, 9.17) is 4.55 Å². The van der Waals surface area contributed by atoms with E-state index >= 15 is 0 Å². The zero-order valence-electron chi connectivity index (χ0n) is 19.5. The highest BCUT2D eigenvalue weighted by atomic mass is 32.3. The molecule has 0 atom stereocenters. The van der Waals surface area contributed by atoms with E-state index in [-0.39, 0.29) is 10.6 Å². The fourth-order valence-corrected chi connectivity index (χ4v) is 4.61. The second-order valence-electron chi connectivity index (χ2n) is 7.67. The summed E-state index contributed by atoms with van der Waals surface area (Å²) in [5, 5.41) is 15.8. The lowest BCUT2D eigenvalue weighted by Gasteiger charge is -2.06. The zero-order chi connectivity index (χ0) is 28.1. The highest BCUT2D eigenvalue weighted by Gasteiger charge is 2.17. The van der Waals surface area contributed by atoms with Crippen molar-refractivity contribution in [3.63, 3.8) is 0 Å². The van der Waals surface area contributed by atoms with Crippen molar-refractivity contribution < 1.29 is 35.5 Å². The number of benzene rings is 3. The maximum Gasteiger partial charge on any atom is 0.397 e. The van der Waals surface area contributed by atoms with E-state index in [1.807, 2.05) is 13.0 Å². The van der Waals surface area contributed by atoms with Crippen LogP contribution in [0.4, 0.5) is 11.4 Å². The van der Waals surface area contributed by atoms with Gasteiger partial charge in [0.05, 0.1) is 34.2 Å². The number of hydrogen-bond donors (Lipinski definition) is 4. The third-order valence-corrected chi connectivity index (χ3v) is 6.95. The summed E-state index contributed by atoms with van der Waals surface area (Å²) < 4.78 is 58.7. The van der Waals surface area contributed by atoms with Gasteiger partial charge in [-0.15, -0.1) is 0 Å². The van der Waals surface area contributed by atoms with Crippen LogP contribution in [0.3, 0.4) is 0 Å². The largest absolute Gasteiger partial charge is 0.478 e. The molecular weight excluding hydrogens is 544 g/mol. The van der Waals surface area contributed by atoms with Crippen molar-refractivity contribution in [2.75, 3.05) is 23.2 Å². The Labute approximate surface area is 215 Å². The number of aryl methyl sites for hydroxylation is 1. The van der Waals surface area contributed by atoms with Crippen LogP contribution in [0.15, 0.2) is 79.3 Å². The van der Waals surface area contributed by atoms with E-state index in [1.165, 1.54) is 18.2 Å². The third-order valence-electron chi connectivity index (χ3n) is 4.81. The van der Waals surface area contributed by atoms with Crippen LogP contribution in [0.25, 0.3) is 0 Å². The first-order chi connectivity index (χ1) is 17.8. The number of nitrogens with one attached hydrogen (secondary N) is 2. The van der Waals surface area contributed by atoms with Crippen molar-refractivity contribution in [3.05, 3.63) is 96.9 Å². The fourth-order valence-electron chi connectivity index (χ4n) is 3.08. The van der Waals surface area contributed by atoms with E-state index in [0.717, 1.165) is 11.6 Å². The van der Waals surface area contributed by atoms with Crippen LogP contribution in [0, 0.1) is 6.92 Å². The summed E-state index contributed by atoms with van der Waals surface area (Å²) in [5.74, 6) is -2.34. The van der Waals surface area contributed by atoms with Gasteiger partial charge in [0.15, 0.2) is 15.2 Å². The topological polar surface area (TPSA) is 218 Å². The Kier molecular flexibility index (Phi) is 8.52. The molecule has 4 N–H and O–H groups in total. The van der Waals surface area contributed by atoms with Crippen molar-refractivity contribution in [1.29, 1.82) is 0 Å². The first-order valence-corrected chi connectivity index (χ1v) is 13.5. The smallest absolute Gasteiger partial charge is 0.397 e. The highest BCUT2D eigenvalue weighted by molar-refractivity contribution is 7.91. The number of anilines is 2. The normalized spacial score (nSPS) is 12.9. The molecule has 0 bridgehead atoms. The first-order valence-electron chi connectivity index (χ1n) is 10.5. The monoisotopic (exact) mass is 564 g/mol. The molecule has 0 aliphatic rings. The number of aromatic carboxylic acids is 1. The van der Waals surface area contributed by atoms with Gasteiger partial charge in [-0.05, 0) is 42.8 Å². The molecule has 16 heteroatoms.